The van der Waals surface area contributed by atoms with Crippen molar-refractivity contribution in [1.82, 2.24) is 24.9 Å². The van der Waals surface area contributed by atoms with Crippen LogP contribution < -0.4 is 11.0 Å². The van der Waals surface area contributed by atoms with E-state index in [1.54, 1.807) is 11.3 Å². The molecule has 2 N–H and O–H groups in total. The second kappa shape index (κ2) is 3.63. The van der Waals surface area contributed by atoms with Gasteiger partial charge in [0.25, 0.3) is 0 Å². The van der Waals surface area contributed by atoms with Crippen LogP contribution in [0.4, 0.5) is 0 Å². The number of aryl methyl sites for hydroxylation is 1. The number of rotatable bonds is 0. The molecule has 0 atom stereocenters. The molecule has 0 saturated heterocycles. The number of nitrogens with one attached hydrogen (secondary N) is 2. The summed E-state index contributed by atoms with van der Waals surface area (Å²) in [6, 6.07) is 0. The average Bonchev–Trinajstić information content (AvgIpc) is 2.89. The molecule has 0 spiro atoms. The molecule has 0 saturated carbocycles. The Bertz CT molecular complexity index is 799. The monoisotopic (exact) mass is 261 g/mol. The molecule has 92 valence electrons. The zero-order valence-corrected chi connectivity index (χ0v) is 10.4. The minimum absolute atomic E-state index is 0.223. The van der Waals surface area contributed by atoms with Crippen LogP contribution in [-0.4, -0.2) is 26.1 Å². The number of nitrogens with zero attached hydrogens (tertiary/aromatic N) is 3. The number of fused-ring (bicyclic) bond motifs is 5. The third-order valence-corrected chi connectivity index (χ3v) is 4.49. The van der Waals surface area contributed by atoms with Gasteiger partial charge in [-0.3, -0.25) is 4.98 Å². The SMILES string of the molecule is O=c1[nH]c2sc3c(c2c2ncnn12)CCCNC3. The lowest BCUT2D eigenvalue weighted by Gasteiger charge is -1.98. The van der Waals surface area contributed by atoms with Crippen molar-refractivity contribution in [3.05, 3.63) is 27.3 Å². The number of thiophene rings is 1. The molecule has 18 heavy (non-hydrogen) atoms. The third-order valence-electron chi connectivity index (χ3n) is 3.34. The molecule has 0 fully saturated rings. The fourth-order valence-electron chi connectivity index (χ4n) is 2.55. The summed E-state index contributed by atoms with van der Waals surface area (Å²) < 4.78 is 1.34. The summed E-state index contributed by atoms with van der Waals surface area (Å²) in [6.07, 6.45) is 3.57. The number of hydrogen-bond donors (Lipinski definition) is 2. The molecule has 0 amide bonds. The van der Waals surface area contributed by atoms with Crippen molar-refractivity contribution < 1.29 is 0 Å². The van der Waals surface area contributed by atoms with Crippen molar-refractivity contribution in [1.29, 1.82) is 0 Å². The summed E-state index contributed by atoms with van der Waals surface area (Å²) in [5.41, 5.74) is 1.77. The van der Waals surface area contributed by atoms with E-state index in [2.05, 4.69) is 20.4 Å². The summed E-state index contributed by atoms with van der Waals surface area (Å²) in [7, 11) is 0. The van der Waals surface area contributed by atoms with Crippen LogP contribution in [0.25, 0.3) is 15.9 Å². The van der Waals surface area contributed by atoms with Gasteiger partial charge in [-0.15, -0.1) is 11.3 Å². The smallest absolute Gasteiger partial charge is 0.312 e. The van der Waals surface area contributed by atoms with Crippen LogP contribution in [-0.2, 0) is 13.0 Å². The van der Waals surface area contributed by atoms with Gasteiger partial charge in [0, 0.05) is 11.4 Å². The predicted octanol–water partition coefficient (Wildman–Crippen LogP) is 0.668. The van der Waals surface area contributed by atoms with Crippen LogP contribution >= 0.6 is 11.3 Å². The van der Waals surface area contributed by atoms with Crippen molar-refractivity contribution in [2.75, 3.05) is 6.54 Å². The van der Waals surface area contributed by atoms with Gasteiger partial charge < -0.3 is 5.32 Å². The Hall–Kier alpha value is -1.73. The van der Waals surface area contributed by atoms with Gasteiger partial charge in [-0.2, -0.15) is 9.61 Å². The molecule has 0 bridgehead atoms. The van der Waals surface area contributed by atoms with Crippen LogP contribution in [0.2, 0.25) is 0 Å². The van der Waals surface area contributed by atoms with Gasteiger partial charge in [0.05, 0.1) is 5.39 Å². The standard InChI is InChI=1S/C11H11N5OS/c17-11-15-10-8(9-13-5-14-16(9)11)6-2-1-3-12-4-7(6)18-10/h5,12H,1-4H2,(H,15,17). The molecule has 3 aromatic rings. The average molecular weight is 261 g/mol. The van der Waals surface area contributed by atoms with Gasteiger partial charge in [-0.25, -0.2) is 9.78 Å². The minimum atomic E-state index is -0.223. The maximum Gasteiger partial charge on any atom is 0.349 e. The third kappa shape index (κ3) is 1.28. The molecular formula is C11H11N5OS. The molecule has 0 aliphatic carbocycles. The van der Waals surface area contributed by atoms with Crippen LogP contribution in [0.3, 0.4) is 0 Å². The zero-order valence-electron chi connectivity index (χ0n) is 9.56. The van der Waals surface area contributed by atoms with Crippen LogP contribution in [0.5, 0.6) is 0 Å². The lowest BCUT2D eigenvalue weighted by Crippen LogP contribution is -2.16. The van der Waals surface area contributed by atoms with E-state index >= 15 is 0 Å². The molecule has 4 rings (SSSR count). The molecule has 7 heteroatoms. The Morgan fingerprint density at radius 2 is 2.39 bits per heavy atom. The molecule has 6 nitrogen and oxygen atoms in total. The fourth-order valence-corrected chi connectivity index (χ4v) is 3.75. The summed E-state index contributed by atoms with van der Waals surface area (Å²) in [6.45, 7) is 1.91. The Morgan fingerprint density at radius 3 is 3.33 bits per heavy atom. The maximum absolute atomic E-state index is 11.8. The summed E-state index contributed by atoms with van der Waals surface area (Å²) in [5.74, 6) is 0. The first-order valence-corrected chi connectivity index (χ1v) is 6.73. The largest absolute Gasteiger partial charge is 0.349 e. The number of H-pyrrole nitrogens is 1. The van der Waals surface area contributed by atoms with Crippen molar-refractivity contribution in [3.8, 4) is 0 Å². The van der Waals surface area contributed by atoms with Crippen molar-refractivity contribution >= 4 is 27.2 Å². The highest BCUT2D eigenvalue weighted by Gasteiger charge is 2.19. The van der Waals surface area contributed by atoms with Crippen molar-refractivity contribution in [2.45, 2.75) is 19.4 Å². The lowest BCUT2D eigenvalue weighted by molar-refractivity contribution is 0.683. The van der Waals surface area contributed by atoms with E-state index in [1.807, 2.05) is 0 Å². The van der Waals surface area contributed by atoms with Gasteiger partial charge >= 0.3 is 5.69 Å². The van der Waals surface area contributed by atoms with Gasteiger partial charge in [0.2, 0.25) is 0 Å². The highest BCUT2D eigenvalue weighted by Crippen LogP contribution is 2.33. The first kappa shape index (κ1) is 10.2. The van der Waals surface area contributed by atoms with Crippen molar-refractivity contribution in [2.24, 2.45) is 0 Å². The van der Waals surface area contributed by atoms with E-state index in [4.69, 9.17) is 0 Å². The van der Waals surface area contributed by atoms with E-state index in [0.717, 1.165) is 36.1 Å². The van der Waals surface area contributed by atoms with Gasteiger partial charge in [-0.05, 0) is 24.9 Å². The number of aromatic amines is 1. The van der Waals surface area contributed by atoms with E-state index < -0.39 is 0 Å². The van der Waals surface area contributed by atoms with Crippen LogP contribution in [0.1, 0.15) is 16.9 Å². The molecule has 4 heterocycles. The van der Waals surface area contributed by atoms with E-state index in [-0.39, 0.29) is 5.69 Å². The fraction of sp³-hybridized carbons (Fsp3) is 0.364. The Morgan fingerprint density at radius 1 is 1.44 bits per heavy atom. The Labute approximate surface area is 106 Å². The molecule has 0 aromatic carbocycles. The van der Waals surface area contributed by atoms with E-state index in [0.29, 0.717) is 5.65 Å². The van der Waals surface area contributed by atoms with Gasteiger partial charge in [-0.1, -0.05) is 0 Å². The quantitative estimate of drug-likeness (QED) is 0.623. The predicted molar refractivity (Wildman–Crippen MR) is 69.0 cm³/mol. The maximum atomic E-state index is 11.8. The minimum Gasteiger partial charge on any atom is -0.312 e. The highest BCUT2D eigenvalue weighted by atomic mass is 32.1. The summed E-state index contributed by atoms with van der Waals surface area (Å²) >= 11 is 1.65. The molecule has 1 aliphatic rings. The lowest BCUT2D eigenvalue weighted by atomic mass is 10.1. The normalized spacial score (nSPS) is 16.0. The summed E-state index contributed by atoms with van der Waals surface area (Å²) in [5, 5.41) is 8.43. The molecule has 0 radical (unpaired) electrons. The summed E-state index contributed by atoms with van der Waals surface area (Å²) in [4.78, 5) is 21.2. The first-order valence-electron chi connectivity index (χ1n) is 5.91. The molecular weight excluding hydrogens is 250 g/mol. The van der Waals surface area contributed by atoms with Crippen LogP contribution in [0.15, 0.2) is 11.1 Å². The second-order valence-corrected chi connectivity index (χ2v) is 5.52. The molecule has 1 aliphatic heterocycles. The topological polar surface area (TPSA) is 75.1 Å². The number of aromatic nitrogens is 4. The first-order chi connectivity index (χ1) is 8.84. The second-order valence-electron chi connectivity index (χ2n) is 4.41. The Balaban J connectivity index is 2.18. The molecule has 0 unspecified atom stereocenters. The van der Waals surface area contributed by atoms with E-state index in [9.17, 15) is 4.79 Å². The van der Waals surface area contributed by atoms with E-state index in [1.165, 1.54) is 21.3 Å². The van der Waals surface area contributed by atoms with Crippen molar-refractivity contribution in [3.63, 3.8) is 0 Å². The molecule has 3 aromatic heterocycles. The Kier molecular flexibility index (Phi) is 2.06. The van der Waals surface area contributed by atoms with Gasteiger partial charge in [0.1, 0.15) is 11.2 Å². The van der Waals surface area contributed by atoms with Gasteiger partial charge in [0.15, 0.2) is 5.65 Å². The number of hydrogen-bond acceptors (Lipinski definition) is 5. The highest BCUT2D eigenvalue weighted by molar-refractivity contribution is 7.19. The van der Waals surface area contributed by atoms with Crippen LogP contribution in [0, 0.1) is 0 Å². The zero-order chi connectivity index (χ0) is 12.1.